The molecule has 0 radical (unpaired) electrons. The first kappa shape index (κ1) is 48.0. The fraction of sp³-hybridized carbons (Fsp3) is 0.259. The minimum absolute atomic E-state index is 0.148. The summed E-state index contributed by atoms with van der Waals surface area (Å²) in [6.45, 7) is 6.30. The molecule has 0 spiro atoms. The lowest BCUT2D eigenvalue weighted by atomic mass is 9.77. The van der Waals surface area contributed by atoms with Gasteiger partial charge in [0, 0.05) is 38.1 Å². The molecule has 12 nitrogen and oxygen atoms in total. The van der Waals surface area contributed by atoms with Gasteiger partial charge in [0.05, 0.1) is 19.0 Å². The van der Waals surface area contributed by atoms with Gasteiger partial charge in [-0.25, -0.2) is 9.80 Å². The van der Waals surface area contributed by atoms with Gasteiger partial charge in [-0.1, -0.05) is 152 Å². The number of nitrogens with one attached hydrogen (secondary N) is 4. The van der Waals surface area contributed by atoms with Crippen molar-refractivity contribution in [2.75, 3.05) is 26.8 Å². The second-order valence-corrected chi connectivity index (χ2v) is 17.2. The van der Waals surface area contributed by atoms with Crippen LogP contribution in [-0.2, 0) is 42.5 Å². The molecular formula is C54H58N6O6S. The van der Waals surface area contributed by atoms with Gasteiger partial charge in [0.1, 0.15) is 11.6 Å². The second-order valence-electron chi connectivity index (χ2n) is 16.3. The maximum atomic E-state index is 15.4. The zero-order valence-electron chi connectivity index (χ0n) is 38.3. The van der Waals surface area contributed by atoms with Gasteiger partial charge in [-0.15, -0.1) is 11.3 Å². The Balaban J connectivity index is 1.19. The topological polar surface area (TPSA) is 141 Å². The summed E-state index contributed by atoms with van der Waals surface area (Å²) in [5.74, 6) is -1.60. The Kier molecular flexibility index (Phi) is 16.5. The Labute approximate surface area is 396 Å². The van der Waals surface area contributed by atoms with Crippen molar-refractivity contribution in [2.24, 2.45) is 0 Å². The highest BCUT2D eigenvalue weighted by molar-refractivity contribution is 7.17. The molecule has 0 saturated heterocycles. The van der Waals surface area contributed by atoms with Gasteiger partial charge >= 0.3 is 6.03 Å². The number of fused-ring (bicyclic) bond motifs is 2. The van der Waals surface area contributed by atoms with E-state index in [2.05, 4.69) is 21.4 Å². The molecule has 7 rings (SSSR count). The zero-order valence-corrected chi connectivity index (χ0v) is 39.1. The predicted molar refractivity (Wildman–Crippen MR) is 265 cm³/mol. The molecule has 0 saturated carbocycles. The van der Waals surface area contributed by atoms with E-state index in [9.17, 15) is 14.4 Å². The minimum atomic E-state index is -1.36. The monoisotopic (exact) mass is 918 g/mol. The molecule has 0 aliphatic heterocycles. The van der Waals surface area contributed by atoms with Crippen LogP contribution in [0.3, 0.4) is 0 Å². The Hall–Kier alpha value is -6.90. The number of likely N-dealkylation sites (N-methyl/N-ethyl adjacent to an activating group) is 1. The largest absolute Gasteiger partial charge is 0.351 e. The molecule has 0 aliphatic rings. The molecule has 67 heavy (non-hydrogen) atoms. The number of rotatable bonds is 21. The average molecular weight is 919 g/mol. The molecule has 7 aromatic rings. The third-order valence-electron chi connectivity index (χ3n) is 11.7. The van der Waals surface area contributed by atoms with E-state index in [0.717, 1.165) is 48.7 Å². The van der Waals surface area contributed by atoms with Crippen LogP contribution in [0, 0.1) is 0 Å². The number of hydrogen-bond acceptors (Lipinski definition) is 8. The number of benzene rings is 6. The highest BCUT2D eigenvalue weighted by Gasteiger charge is 2.40. The van der Waals surface area contributed by atoms with Crippen molar-refractivity contribution in [3.8, 4) is 0 Å². The Morgan fingerprint density at radius 1 is 0.657 bits per heavy atom. The molecule has 4 N–H and O–H groups in total. The van der Waals surface area contributed by atoms with E-state index in [1.807, 2.05) is 184 Å². The molecule has 6 aromatic carbocycles. The first-order chi connectivity index (χ1) is 32.6. The summed E-state index contributed by atoms with van der Waals surface area (Å²) in [6.07, 6.45) is -1.23. The summed E-state index contributed by atoms with van der Waals surface area (Å²) in [6, 6.07) is 48.3. The highest BCUT2D eigenvalue weighted by atomic mass is 32.1. The number of ether oxygens (including phenoxy) is 2. The molecule has 13 heteroatoms. The fourth-order valence-electron chi connectivity index (χ4n) is 8.52. The maximum Gasteiger partial charge on any atom is 0.329 e. The number of hydrogen-bond donors (Lipinski definition) is 4. The van der Waals surface area contributed by atoms with E-state index in [4.69, 9.17) is 9.47 Å². The van der Waals surface area contributed by atoms with Crippen LogP contribution in [0.4, 0.5) is 4.79 Å². The molecule has 0 bridgehead atoms. The average Bonchev–Trinajstić information content (AvgIpc) is 3.76. The predicted octanol–water partition coefficient (Wildman–Crippen LogP) is 8.50. The van der Waals surface area contributed by atoms with E-state index in [0.29, 0.717) is 13.2 Å². The van der Waals surface area contributed by atoms with Crippen molar-refractivity contribution >= 4 is 55.9 Å². The van der Waals surface area contributed by atoms with Crippen LogP contribution in [0.2, 0.25) is 0 Å². The first-order valence-electron chi connectivity index (χ1n) is 22.6. The van der Waals surface area contributed by atoms with Crippen LogP contribution in [0.15, 0.2) is 163 Å². The van der Waals surface area contributed by atoms with Crippen molar-refractivity contribution < 1.29 is 28.7 Å². The van der Waals surface area contributed by atoms with Gasteiger partial charge in [0.15, 0.2) is 6.29 Å². The number of nitrogens with zero attached hydrogens (tertiary/aromatic N) is 2. The molecule has 346 valence electrons. The van der Waals surface area contributed by atoms with E-state index in [1.165, 1.54) is 5.01 Å². The standard InChI is InChI=1S/C54H58N6O6S/c1-5-65-52(66-6-2)38(3)60(35-41-37-67-48-32-19-18-31-46(41)48)51(63)47(56-50(62)36-59(4)58-53(64)55-34-40-23-20-22-39-21-16-17-30-45(39)40)33-49(61)57-54(42-24-10-7-11-25-42,43-26-12-8-13-27-43)44-28-14-9-15-29-44/h7-32,37-38,47,52H,5-6,33-36H2,1-4H3,(H,56,62)(H,57,61)(H2,55,58,64). The number of carbonyl (C=O) groups is 4. The van der Waals surface area contributed by atoms with Gasteiger partial charge in [0.2, 0.25) is 17.7 Å². The van der Waals surface area contributed by atoms with Crippen molar-refractivity contribution in [3.63, 3.8) is 0 Å². The van der Waals surface area contributed by atoms with Crippen LogP contribution in [0.25, 0.3) is 20.9 Å². The van der Waals surface area contributed by atoms with E-state index >= 15 is 4.79 Å². The van der Waals surface area contributed by atoms with Gasteiger partial charge in [-0.05, 0) is 76.2 Å². The van der Waals surface area contributed by atoms with Crippen LogP contribution in [-0.4, -0.2) is 78.8 Å². The fourth-order valence-corrected chi connectivity index (χ4v) is 9.47. The van der Waals surface area contributed by atoms with Gasteiger partial charge in [-0.2, -0.15) is 0 Å². The summed E-state index contributed by atoms with van der Waals surface area (Å²) in [5.41, 5.74) is 5.77. The molecule has 1 aromatic heterocycles. The lowest BCUT2D eigenvalue weighted by molar-refractivity contribution is -0.180. The Morgan fingerprint density at radius 2 is 1.21 bits per heavy atom. The third kappa shape index (κ3) is 11.7. The SMILES string of the molecule is CCOC(OCC)C(C)N(Cc1csc2ccccc12)C(=O)C(CC(=O)NC(c1ccccc1)(c1ccccc1)c1ccccc1)NC(=O)CN(C)NC(=O)NCc1cccc2ccccc12. The number of hydrazine groups is 1. The van der Waals surface area contributed by atoms with Crippen molar-refractivity contribution in [1.82, 2.24) is 31.3 Å². The van der Waals surface area contributed by atoms with Crippen molar-refractivity contribution in [1.29, 1.82) is 0 Å². The summed E-state index contributed by atoms with van der Waals surface area (Å²) in [4.78, 5) is 59.3. The Bertz CT molecular complexity index is 2630. The Morgan fingerprint density at radius 3 is 1.82 bits per heavy atom. The number of urea groups is 1. The molecule has 5 amide bonds. The van der Waals surface area contributed by atoms with Crippen LogP contribution in [0.5, 0.6) is 0 Å². The quantitative estimate of drug-likeness (QED) is 0.0322. The molecule has 1 heterocycles. The zero-order chi connectivity index (χ0) is 47.2. The normalized spacial score (nSPS) is 12.4. The molecule has 0 fully saturated rings. The van der Waals surface area contributed by atoms with Crippen LogP contribution < -0.4 is 21.4 Å². The second kappa shape index (κ2) is 23.0. The third-order valence-corrected chi connectivity index (χ3v) is 12.7. The van der Waals surface area contributed by atoms with Gasteiger partial charge < -0.3 is 30.3 Å². The summed E-state index contributed by atoms with van der Waals surface area (Å²) in [5, 5.41) is 15.6. The minimum Gasteiger partial charge on any atom is -0.351 e. The van der Waals surface area contributed by atoms with Crippen molar-refractivity contribution in [3.05, 3.63) is 191 Å². The van der Waals surface area contributed by atoms with Gasteiger partial charge in [0.25, 0.3) is 0 Å². The molecule has 0 aliphatic carbocycles. The lowest BCUT2D eigenvalue weighted by Crippen LogP contribution is -2.58. The van der Waals surface area contributed by atoms with Gasteiger partial charge in [-0.3, -0.25) is 19.8 Å². The lowest BCUT2D eigenvalue weighted by Gasteiger charge is -2.38. The summed E-state index contributed by atoms with van der Waals surface area (Å²) >= 11 is 1.57. The first-order valence-corrected chi connectivity index (χ1v) is 23.5. The van der Waals surface area contributed by atoms with Crippen molar-refractivity contribution in [2.45, 2.75) is 64.2 Å². The molecule has 2 atom stereocenters. The van der Waals surface area contributed by atoms with E-state index < -0.39 is 54.1 Å². The number of thiophene rings is 1. The molecular weight excluding hydrogens is 861 g/mol. The smallest absolute Gasteiger partial charge is 0.329 e. The maximum absolute atomic E-state index is 15.4. The summed E-state index contributed by atoms with van der Waals surface area (Å²) in [7, 11) is 1.55. The van der Waals surface area contributed by atoms with E-state index in [1.54, 1.807) is 23.3 Å². The highest BCUT2D eigenvalue weighted by Crippen LogP contribution is 2.37. The number of amides is 5. The summed E-state index contributed by atoms with van der Waals surface area (Å²) < 4.78 is 13.2. The van der Waals surface area contributed by atoms with E-state index in [-0.39, 0.29) is 19.6 Å². The molecule has 2 unspecified atom stereocenters. The van der Waals surface area contributed by atoms with Crippen LogP contribution in [0.1, 0.15) is 55.0 Å². The number of carbonyl (C=O) groups excluding carboxylic acids is 4. The van der Waals surface area contributed by atoms with Crippen LogP contribution >= 0.6 is 11.3 Å².